The highest BCUT2D eigenvalue weighted by atomic mass is 16.3. The van der Waals surface area contributed by atoms with E-state index in [0.29, 0.717) is 6.42 Å². The Morgan fingerprint density at radius 1 is 1.08 bits per heavy atom. The molecule has 2 saturated heterocycles. The van der Waals surface area contributed by atoms with E-state index >= 15 is 0 Å². The van der Waals surface area contributed by atoms with E-state index in [4.69, 9.17) is 0 Å². The molecule has 0 radical (unpaired) electrons. The van der Waals surface area contributed by atoms with Crippen LogP contribution in [0.1, 0.15) is 25.7 Å². The van der Waals surface area contributed by atoms with E-state index in [9.17, 15) is 9.90 Å². The van der Waals surface area contributed by atoms with Crippen molar-refractivity contribution in [3.63, 3.8) is 0 Å². The highest BCUT2D eigenvalue weighted by Crippen LogP contribution is 2.18. The molecule has 25 heavy (non-hydrogen) atoms. The van der Waals surface area contributed by atoms with Crippen molar-refractivity contribution >= 4 is 11.6 Å². The number of piperidine rings is 1. The van der Waals surface area contributed by atoms with Crippen LogP contribution in [0.25, 0.3) is 0 Å². The second kappa shape index (κ2) is 9.20. The fourth-order valence-corrected chi connectivity index (χ4v) is 3.92. The molecule has 0 saturated carbocycles. The van der Waals surface area contributed by atoms with Crippen LogP contribution in [-0.2, 0) is 4.79 Å². The van der Waals surface area contributed by atoms with Gasteiger partial charge in [-0.15, -0.1) is 0 Å². The minimum atomic E-state index is 0.204. The van der Waals surface area contributed by atoms with Gasteiger partial charge in [-0.25, -0.2) is 0 Å². The fraction of sp³-hybridized carbons (Fsp3) is 0.650. The molecular weight excluding hydrogens is 314 g/mol. The van der Waals surface area contributed by atoms with E-state index in [0.717, 1.165) is 65.1 Å². The van der Waals surface area contributed by atoms with Gasteiger partial charge in [-0.05, 0) is 43.9 Å². The number of anilines is 1. The van der Waals surface area contributed by atoms with Crippen LogP contribution in [0.4, 0.5) is 5.69 Å². The van der Waals surface area contributed by atoms with Crippen molar-refractivity contribution in [3.05, 3.63) is 30.3 Å². The quantitative estimate of drug-likeness (QED) is 0.854. The van der Waals surface area contributed by atoms with Crippen molar-refractivity contribution in [2.75, 3.05) is 57.3 Å². The summed E-state index contributed by atoms with van der Waals surface area (Å²) in [5.41, 5.74) is 1.31. The van der Waals surface area contributed by atoms with Crippen molar-refractivity contribution in [1.82, 2.24) is 9.80 Å². The zero-order valence-corrected chi connectivity index (χ0v) is 15.1. The summed E-state index contributed by atoms with van der Waals surface area (Å²) in [5, 5.41) is 9.29. The Kier molecular flexibility index (Phi) is 6.70. The summed E-state index contributed by atoms with van der Waals surface area (Å²) < 4.78 is 0. The SMILES string of the molecule is O=C(CCCN1CCN(c2ccccc2)CC1)N1CCCC(CO)C1. The maximum atomic E-state index is 12.4. The lowest BCUT2D eigenvalue weighted by Gasteiger charge is -2.36. The third kappa shape index (κ3) is 5.19. The van der Waals surface area contributed by atoms with Gasteiger partial charge in [-0.3, -0.25) is 9.69 Å². The van der Waals surface area contributed by atoms with Crippen LogP contribution in [0.3, 0.4) is 0 Å². The van der Waals surface area contributed by atoms with Crippen LogP contribution in [0.15, 0.2) is 30.3 Å². The summed E-state index contributed by atoms with van der Waals surface area (Å²) in [6.45, 7) is 7.07. The molecule has 0 bridgehead atoms. The molecule has 0 aliphatic carbocycles. The molecule has 1 atom stereocenters. The molecule has 5 nitrogen and oxygen atoms in total. The molecule has 0 aromatic heterocycles. The topological polar surface area (TPSA) is 47.0 Å². The van der Waals surface area contributed by atoms with Crippen LogP contribution in [0.2, 0.25) is 0 Å². The molecule has 2 aliphatic rings. The highest BCUT2D eigenvalue weighted by Gasteiger charge is 2.23. The van der Waals surface area contributed by atoms with E-state index in [2.05, 4.69) is 40.1 Å². The molecule has 1 aromatic rings. The van der Waals surface area contributed by atoms with Gasteiger partial charge in [0.2, 0.25) is 5.91 Å². The number of carbonyl (C=O) groups is 1. The van der Waals surface area contributed by atoms with Gasteiger partial charge in [-0.2, -0.15) is 0 Å². The molecule has 1 amide bonds. The third-order valence-corrected chi connectivity index (χ3v) is 5.49. The minimum Gasteiger partial charge on any atom is -0.396 e. The molecule has 2 aliphatic heterocycles. The van der Waals surface area contributed by atoms with Gasteiger partial charge in [0.15, 0.2) is 0 Å². The zero-order valence-electron chi connectivity index (χ0n) is 15.1. The maximum Gasteiger partial charge on any atom is 0.222 e. The summed E-state index contributed by atoms with van der Waals surface area (Å²) in [4.78, 5) is 19.2. The van der Waals surface area contributed by atoms with E-state index in [-0.39, 0.29) is 18.4 Å². The average molecular weight is 345 g/mol. The summed E-state index contributed by atoms with van der Waals surface area (Å²) in [6, 6.07) is 10.6. The first-order chi connectivity index (χ1) is 12.3. The van der Waals surface area contributed by atoms with Crippen molar-refractivity contribution in [2.24, 2.45) is 5.92 Å². The van der Waals surface area contributed by atoms with Gasteiger partial charge in [0, 0.05) is 58.0 Å². The number of nitrogens with zero attached hydrogens (tertiary/aromatic N) is 3. The first-order valence-corrected chi connectivity index (χ1v) is 9.67. The molecule has 1 unspecified atom stereocenters. The lowest BCUT2D eigenvalue weighted by atomic mass is 9.98. The number of amides is 1. The van der Waals surface area contributed by atoms with Crippen LogP contribution in [-0.4, -0.2) is 73.2 Å². The molecule has 3 rings (SSSR count). The molecule has 138 valence electrons. The van der Waals surface area contributed by atoms with Gasteiger partial charge in [0.05, 0.1) is 0 Å². The average Bonchev–Trinajstić information content (AvgIpc) is 2.69. The van der Waals surface area contributed by atoms with Crippen LogP contribution < -0.4 is 4.90 Å². The third-order valence-electron chi connectivity index (χ3n) is 5.49. The van der Waals surface area contributed by atoms with Crippen molar-refractivity contribution in [2.45, 2.75) is 25.7 Å². The fourth-order valence-electron chi connectivity index (χ4n) is 3.92. The van der Waals surface area contributed by atoms with Gasteiger partial charge < -0.3 is 14.9 Å². The molecule has 2 heterocycles. The normalized spacial score (nSPS) is 22.2. The smallest absolute Gasteiger partial charge is 0.222 e. The second-order valence-corrected chi connectivity index (χ2v) is 7.30. The van der Waals surface area contributed by atoms with Gasteiger partial charge in [0.25, 0.3) is 0 Å². The summed E-state index contributed by atoms with van der Waals surface area (Å²) in [6.07, 6.45) is 3.64. The summed E-state index contributed by atoms with van der Waals surface area (Å²) in [7, 11) is 0. The lowest BCUT2D eigenvalue weighted by Crippen LogP contribution is -2.47. The Bertz CT molecular complexity index is 529. The number of rotatable bonds is 6. The van der Waals surface area contributed by atoms with Crippen LogP contribution in [0, 0.1) is 5.92 Å². The lowest BCUT2D eigenvalue weighted by molar-refractivity contribution is -0.133. The number of carbonyl (C=O) groups excluding carboxylic acids is 1. The first-order valence-electron chi connectivity index (χ1n) is 9.67. The number of piperazine rings is 1. The number of hydrogen-bond acceptors (Lipinski definition) is 4. The van der Waals surface area contributed by atoms with E-state index in [1.807, 2.05) is 4.90 Å². The Hall–Kier alpha value is -1.59. The molecule has 0 spiro atoms. The molecule has 1 aromatic carbocycles. The van der Waals surface area contributed by atoms with Crippen LogP contribution >= 0.6 is 0 Å². The molecular formula is C20H31N3O2. The monoisotopic (exact) mass is 345 g/mol. The standard InChI is InChI=1S/C20H31N3O2/c24-17-18-6-4-11-23(16-18)20(25)9-5-10-21-12-14-22(15-13-21)19-7-2-1-3-8-19/h1-3,7-8,18,24H,4-6,9-17H2. The number of aliphatic hydroxyl groups is 1. The number of likely N-dealkylation sites (tertiary alicyclic amines) is 1. The van der Waals surface area contributed by atoms with Crippen molar-refractivity contribution in [1.29, 1.82) is 0 Å². The van der Waals surface area contributed by atoms with Gasteiger partial charge >= 0.3 is 0 Å². The first kappa shape index (κ1) is 18.2. The van der Waals surface area contributed by atoms with Crippen molar-refractivity contribution < 1.29 is 9.90 Å². The summed E-state index contributed by atoms with van der Waals surface area (Å²) in [5.74, 6) is 0.546. The summed E-state index contributed by atoms with van der Waals surface area (Å²) >= 11 is 0. The number of benzene rings is 1. The largest absolute Gasteiger partial charge is 0.396 e. The highest BCUT2D eigenvalue weighted by molar-refractivity contribution is 5.76. The Balaban J connectivity index is 1.34. The van der Waals surface area contributed by atoms with E-state index < -0.39 is 0 Å². The Morgan fingerprint density at radius 2 is 1.84 bits per heavy atom. The second-order valence-electron chi connectivity index (χ2n) is 7.30. The minimum absolute atomic E-state index is 0.204. The number of para-hydroxylation sites is 1. The maximum absolute atomic E-state index is 12.4. The molecule has 1 N–H and O–H groups in total. The van der Waals surface area contributed by atoms with Crippen molar-refractivity contribution in [3.8, 4) is 0 Å². The predicted molar refractivity (Wildman–Crippen MR) is 101 cm³/mol. The predicted octanol–water partition coefficient (Wildman–Crippen LogP) is 1.82. The van der Waals surface area contributed by atoms with Crippen LogP contribution in [0.5, 0.6) is 0 Å². The zero-order chi connectivity index (χ0) is 17.5. The number of hydrogen-bond donors (Lipinski definition) is 1. The number of aliphatic hydroxyl groups excluding tert-OH is 1. The molecule has 2 fully saturated rings. The van der Waals surface area contributed by atoms with E-state index in [1.165, 1.54) is 5.69 Å². The van der Waals surface area contributed by atoms with Gasteiger partial charge in [0.1, 0.15) is 0 Å². The van der Waals surface area contributed by atoms with Gasteiger partial charge in [-0.1, -0.05) is 18.2 Å². The van der Waals surface area contributed by atoms with E-state index in [1.54, 1.807) is 0 Å². The Morgan fingerprint density at radius 3 is 2.56 bits per heavy atom. The molecule has 5 heteroatoms. The Labute approximate surface area is 151 Å².